The largest absolute Gasteiger partial charge is 0.315 e. The molecule has 1 atom stereocenters. The molecular formula is C13H22ClNS. The van der Waals surface area contributed by atoms with E-state index < -0.39 is 0 Å². The molecule has 0 fully saturated rings. The summed E-state index contributed by atoms with van der Waals surface area (Å²) in [5.74, 6) is 0.768. The van der Waals surface area contributed by atoms with Crippen LogP contribution in [0.3, 0.4) is 0 Å². The molecule has 92 valence electrons. The highest BCUT2D eigenvalue weighted by Gasteiger charge is 2.06. The Morgan fingerprint density at radius 2 is 2.06 bits per heavy atom. The first-order valence-electron chi connectivity index (χ1n) is 6.05. The lowest BCUT2D eigenvalue weighted by Gasteiger charge is -2.13. The Morgan fingerprint density at radius 3 is 2.62 bits per heavy atom. The van der Waals surface area contributed by atoms with E-state index in [4.69, 9.17) is 11.6 Å². The van der Waals surface area contributed by atoms with E-state index in [1.807, 2.05) is 6.07 Å². The van der Waals surface area contributed by atoms with Crippen molar-refractivity contribution in [2.24, 2.45) is 5.92 Å². The van der Waals surface area contributed by atoms with Crippen LogP contribution in [0.25, 0.3) is 0 Å². The Kier molecular flexibility index (Phi) is 6.40. The minimum absolute atomic E-state index is 0.596. The van der Waals surface area contributed by atoms with Gasteiger partial charge in [0.2, 0.25) is 0 Å². The van der Waals surface area contributed by atoms with Gasteiger partial charge in [-0.05, 0) is 43.2 Å². The second kappa shape index (κ2) is 7.31. The Bertz CT molecular complexity index is 296. The quantitative estimate of drug-likeness (QED) is 0.767. The standard InChI is InChI=1S/C13H22ClNS/c1-10(2)15-8-6-11(3)4-5-13-12(14)7-9-16-13/h7,9-11,15H,4-6,8H2,1-3H3. The van der Waals surface area contributed by atoms with Gasteiger partial charge < -0.3 is 5.32 Å². The third-order valence-corrected chi connectivity index (χ3v) is 4.19. The summed E-state index contributed by atoms with van der Waals surface area (Å²) in [6.07, 6.45) is 3.61. The second-order valence-electron chi connectivity index (χ2n) is 4.73. The van der Waals surface area contributed by atoms with Gasteiger partial charge in [-0.1, -0.05) is 32.4 Å². The van der Waals surface area contributed by atoms with Crippen molar-refractivity contribution in [3.05, 3.63) is 21.3 Å². The van der Waals surface area contributed by atoms with Gasteiger partial charge in [0.05, 0.1) is 5.02 Å². The number of halogens is 1. The minimum Gasteiger partial charge on any atom is -0.315 e. The highest BCUT2D eigenvalue weighted by atomic mass is 35.5. The number of aryl methyl sites for hydroxylation is 1. The molecule has 1 heterocycles. The van der Waals surface area contributed by atoms with Crippen LogP contribution in [0.4, 0.5) is 0 Å². The third kappa shape index (κ3) is 5.33. The molecule has 0 radical (unpaired) electrons. The number of hydrogen-bond donors (Lipinski definition) is 1. The molecule has 1 N–H and O–H groups in total. The summed E-state index contributed by atoms with van der Waals surface area (Å²) in [6, 6.07) is 2.59. The summed E-state index contributed by atoms with van der Waals surface area (Å²) in [5, 5.41) is 6.47. The van der Waals surface area contributed by atoms with Gasteiger partial charge in [-0.25, -0.2) is 0 Å². The van der Waals surface area contributed by atoms with Crippen molar-refractivity contribution in [3.8, 4) is 0 Å². The molecule has 3 heteroatoms. The minimum atomic E-state index is 0.596. The molecule has 1 rings (SSSR count). The number of nitrogens with one attached hydrogen (secondary N) is 1. The van der Waals surface area contributed by atoms with E-state index in [0.29, 0.717) is 6.04 Å². The molecule has 0 saturated heterocycles. The maximum Gasteiger partial charge on any atom is 0.0544 e. The van der Waals surface area contributed by atoms with Crippen LogP contribution in [-0.2, 0) is 6.42 Å². The van der Waals surface area contributed by atoms with E-state index in [0.717, 1.165) is 23.9 Å². The SMILES string of the molecule is CC(CCNC(C)C)CCc1sccc1Cl. The van der Waals surface area contributed by atoms with Gasteiger partial charge in [0, 0.05) is 10.9 Å². The molecule has 0 saturated carbocycles. The number of thiophene rings is 1. The van der Waals surface area contributed by atoms with Crippen molar-refractivity contribution in [2.75, 3.05) is 6.54 Å². The van der Waals surface area contributed by atoms with E-state index >= 15 is 0 Å². The first-order chi connectivity index (χ1) is 7.59. The molecule has 16 heavy (non-hydrogen) atoms. The predicted molar refractivity (Wildman–Crippen MR) is 74.6 cm³/mol. The van der Waals surface area contributed by atoms with E-state index in [9.17, 15) is 0 Å². The molecular weight excluding hydrogens is 238 g/mol. The van der Waals surface area contributed by atoms with Gasteiger partial charge in [-0.2, -0.15) is 0 Å². The van der Waals surface area contributed by atoms with Gasteiger partial charge >= 0.3 is 0 Å². The molecule has 0 bridgehead atoms. The first-order valence-corrected chi connectivity index (χ1v) is 7.30. The number of hydrogen-bond acceptors (Lipinski definition) is 2. The Labute approximate surface area is 108 Å². The fourth-order valence-electron chi connectivity index (χ4n) is 1.64. The molecule has 1 aromatic heterocycles. The second-order valence-corrected chi connectivity index (χ2v) is 6.14. The monoisotopic (exact) mass is 259 g/mol. The van der Waals surface area contributed by atoms with Crippen molar-refractivity contribution in [3.63, 3.8) is 0 Å². The Hall–Kier alpha value is -0.0500. The third-order valence-electron chi connectivity index (χ3n) is 2.74. The van der Waals surface area contributed by atoms with Crippen LogP contribution in [0.1, 0.15) is 38.5 Å². The molecule has 0 aliphatic rings. The maximum absolute atomic E-state index is 6.07. The highest BCUT2D eigenvalue weighted by molar-refractivity contribution is 7.10. The van der Waals surface area contributed by atoms with Gasteiger partial charge in [0.15, 0.2) is 0 Å². The highest BCUT2D eigenvalue weighted by Crippen LogP contribution is 2.25. The van der Waals surface area contributed by atoms with Gasteiger partial charge in [0.1, 0.15) is 0 Å². The Morgan fingerprint density at radius 1 is 1.31 bits per heavy atom. The molecule has 0 aromatic carbocycles. The molecule has 0 aliphatic carbocycles. The van der Waals surface area contributed by atoms with Crippen molar-refractivity contribution in [1.82, 2.24) is 5.32 Å². The summed E-state index contributed by atoms with van der Waals surface area (Å²) >= 11 is 7.84. The van der Waals surface area contributed by atoms with Crippen molar-refractivity contribution >= 4 is 22.9 Å². The van der Waals surface area contributed by atoms with Crippen LogP contribution in [0, 0.1) is 5.92 Å². The van der Waals surface area contributed by atoms with E-state index in [2.05, 4.69) is 31.5 Å². The fraction of sp³-hybridized carbons (Fsp3) is 0.692. The van der Waals surface area contributed by atoms with Crippen molar-refractivity contribution < 1.29 is 0 Å². The van der Waals surface area contributed by atoms with Gasteiger partial charge in [-0.15, -0.1) is 11.3 Å². The predicted octanol–water partition coefficient (Wildman–Crippen LogP) is 4.36. The number of rotatable bonds is 7. The average Bonchev–Trinajstić information content (AvgIpc) is 2.60. The molecule has 1 aromatic rings. The first kappa shape index (κ1) is 14.0. The van der Waals surface area contributed by atoms with Crippen LogP contribution in [-0.4, -0.2) is 12.6 Å². The average molecular weight is 260 g/mol. The fourth-order valence-corrected chi connectivity index (χ4v) is 2.79. The van der Waals surface area contributed by atoms with Crippen LogP contribution < -0.4 is 5.32 Å². The van der Waals surface area contributed by atoms with Crippen LogP contribution in [0.5, 0.6) is 0 Å². The Balaban J connectivity index is 2.15. The smallest absolute Gasteiger partial charge is 0.0544 e. The normalized spacial score (nSPS) is 13.3. The van der Waals surface area contributed by atoms with Gasteiger partial charge in [-0.3, -0.25) is 0 Å². The van der Waals surface area contributed by atoms with E-state index in [-0.39, 0.29) is 0 Å². The summed E-state index contributed by atoms with van der Waals surface area (Å²) < 4.78 is 0. The molecule has 1 nitrogen and oxygen atoms in total. The maximum atomic E-state index is 6.07. The molecule has 0 aliphatic heterocycles. The summed E-state index contributed by atoms with van der Waals surface area (Å²) in [5.41, 5.74) is 0. The van der Waals surface area contributed by atoms with Gasteiger partial charge in [0.25, 0.3) is 0 Å². The summed E-state index contributed by atoms with van der Waals surface area (Å²) in [6.45, 7) is 7.83. The zero-order valence-electron chi connectivity index (χ0n) is 10.4. The lowest BCUT2D eigenvalue weighted by Crippen LogP contribution is -2.24. The lowest BCUT2D eigenvalue weighted by molar-refractivity contribution is 0.455. The summed E-state index contributed by atoms with van der Waals surface area (Å²) in [7, 11) is 0. The lowest BCUT2D eigenvalue weighted by atomic mass is 10.0. The van der Waals surface area contributed by atoms with Crippen LogP contribution in [0.15, 0.2) is 11.4 Å². The topological polar surface area (TPSA) is 12.0 Å². The molecule has 0 spiro atoms. The molecule has 0 amide bonds. The van der Waals surface area contributed by atoms with E-state index in [1.54, 1.807) is 11.3 Å². The zero-order valence-corrected chi connectivity index (χ0v) is 12.0. The van der Waals surface area contributed by atoms with E-state index in [1.165, 1.54) is 17.7 Å². The van der Waals surface area contributed by atoms with Crippen LogP contribution >= 0.6 is 22.9 Å². The van der Waals surface area contributed by atoms with Crippen molar-refractivity contribution in [2.45, 2.75) is 46.1 Å². The van der Waals surface area contributed by atoms with Crippen LogP contribution in [0.2, 0.25) is 5.02 Å². The molecule has 1 unspecified atom stereocenters. The summed E-state index contributed by atoms with van der Waals surface area (Å²) in [4.78, 5) is 1.34. The zero-order chi connectivity index (χ0) is 12.0. The van der Waals surface area contributed by atoms with Crippen molar-refractivity contribution in [1.29, 1.82) is 0 Å².